The molecule has 0 amide bonds. The van der Waals surface area contributed by atoms with Crippen LogP contribution in [0.15, 0.2) is 0 Å². The molecule has 1 rings (SSSR count). The van der Waals surface area contributed by atoms with E-state index in [0.717, 1.165) is 11.2 Å². The maximum Gasteiger partial charge on any atom is 0.0231 e. The third-order valence-electron chi connectivity index (χ3n) is 3.04. The molecule has 0 saturated carbocycles. The maximum atomic E-state index is 3.52. The predicted octanol–water partition coefficient (Wildman–Crippen LogP) is 3.63. The first-order valence-electron chi connectivity index (χ1n) is 5.96. The number of rotatable bonds is 5. The summed E-state index contributed by atoms with van der Waals surface area (Å²) in [6, 6.07) is 0. The van der Waals surface area contributed by atoms with Gasteiger partial charge in [0, 0.05) is 28.9 Å². The van der Waals surface area contributed by atoms with Crippen LogP contribution in [0.5, 0.6) is 0 Å². The molecule has 1 nitrogen and oxygen atoms in total. The van der Waals surface area contributed by atoms with Crippen LogP contribution < -0.4 is 0 Å². The van der Waals surface area contributed by atoms with Gasteiger partial charge in [0.2, 0.25) is 0 Å². The standard InChI is InChI=1S/C12H24BrNS/c1-11(4-6-13)5-7-14-8-9-15-12(2,3)10-14/h11H,4-10H2,1-3H3. The summed E-state index contributed by atoms with van der Waals surface area (Å²) in [5, 5.41) is 1.15. The summed E-state index contributed by atoms with van der Waals surface area (Å²) in [6.07, 6.45) is 2.67. The Hall–Kier alpha value is 0.790. The van der Waals surface area contributed by atoms with Crippen LogP contribution in [0, 0.1) is 5.92 Å². The third-order valence-corrected chi connectivity index (χ3v) is 4.80. The first kappa shape index (κ1) is 13.9. The number of alkyl halides is 1. The molecule has 0 aromatic rings. The van der Waals surface area contributed by atoms with E-state index in [1.165, 1.54) is 38.2 Å². The van der Waals surface area contributed by atoms with Crippen molar-refractivity contribution in [3.8, 4) is 0 Å². The van der Waals surface area contributed by atoms with Gasteiger partial charge < -0.3 is 4.90 Å². The molecule has 0 radical (unpaired) electrons. The van der Waals surface area contributed by atoms with Crippen LogP contribution in [0.25, 0.3) is 0 Å². The Morgan fingerprint density at radius 2 is 2.13 bits per heavy atom. The lowest BCUT2D eigenvalue weighted by Gasteiger charge is -2.37. The third kappa shape index (κ3) is 5.60. The van der Waals surface area contributed by atoms with Crippen molar-refractivity contribution in [2.45, 2.75) is 38.4 Å². The summed E-state index contributed by atoms with van der Waals surface area (Å²) in [4.78, 5) is 2.64. The van der Waals surface area contributed by atoms with Gasteiger partial charge in [-0.05, 0) is 39.2 Å². The summed E-state index contributed by atoms with van der Waals surface area (Å²) < 4.78 is 0.469. The van der Waals surface area contributed by atoms with Gasteiger partial charge in [-0.25, -0.2) is 0 Å². The van der Waals surface area contributed by atoms with Crippen molar-refractivity contribution in [1.29, 1.82) is 0 Å². The molecule has 1 aliphatic rings. The van der Waals surface area contributed by atoms with Gasteiger partial charge in [0.25, 0.3) is 0 Å². The summed E-state index contributed by atoms with van der Waals surface area (Å²) >= 11 is 5.64. The molecular formula is C12H24BrNS. The SMILES string of the molecule is CC(CCBr)CCN1CCSC(C)(C)C1. The van der Waals surface area contributed by atoms with Crippen LogP contribution in [0.1, 0.15) is 33.6 Å². The molecule has 0 aliphatic carbocycles. The van der Waals surface area contributed by atoms with E-state index in [1.54, 1.807) is 0 Å². The van der Waals surface area contributed by atoms with Crippen molar-refractivity contribution in [2.24, 2.45) is 5.92 Å². The van der Waals surface area contributed by atoms with E-state index in [1.807, 2.05) is 0 Å². The van der Waals surface area contributed by atoms with E-state index in [9.17, 15) is 0 Å². The first-order valence-corrected chi connectivity index (χ1v) is 8.06. The van der Waals surface area contributed by atoms with E-state index >= 15 is 0 Å². The van der Waals surface area contributed by atoms with Gasteiger partial charge in [0.15, 0.2) is 0 Å². The number of hydrogen-bond acceptors (Lipinski definition) is 2. The zero-order valence-electron chi connectivity index (χ0n) is 10.3. The van der Waals surface area contributed by atoms with Crippen molar-refractivity contribution in [2.75, 3.05) is 30.7 Å². The Morgan fingerprint density at radius 3 is 2.73 bits per heavy atom. The highest BCUT2D eigenvalue weighted by molar-refractivity contribution is 9.09. The van der Waals surface area contributed by atoms with Crippen LogP contribution in [0.3, 0.4) is 0 Å². The van der Waals surface area contributed by atoms with Gasteiger partial charge in [0.1, 0.15) is 0 Å². The molecule has 1 fully saturated rings. The Balaban J connectivity index is 2.21. The van der Waals surface area contributed by atoms with Gasteiger partial charge in [-0.3, -0.25) is 0 Å². The van der Waals surface area contributed by atoms with Crippen molar-refractivity contribution >= 4 is 27.7 Å². The largest absolute Gasteiger partial charge is 0.301 e. The average Bonchev–Trinajstić information content (AvgIpc) is 2.14. The molecule has 0 aromatic carbocycles. The summed E-state index contributed by atoms with van der Waals surface area (Å²) in [5.41, 5.74) is 0. The monoisotopic (exact) mass is 293 g/mol. The van der Waals surface area contributed by atoms with Gasteiger partial charge in [-0.1, -0.05) is 22.9 Å². The molecule has 1 atom stereocenters. The highest BCUT2D eigenvalue weighted by Gasteiger charge is 2.26. The lowest BCUT2D eigenvalue weighted by molar-refractivity contribution is 0.242. The second-order valence-corrected chi connectivity index (χ2v) is 7.85. The number of thioether (sulfide) groups is 1. The highest BCUT2D eigenvalue weighted by atomic mass is 79.9. The van der Waals surface area contributed by atoms with Crippen LogP contribution in [-0.4, -0.2) is 40.4 Å². The molecule has 1 saturated heterocycles. The number of hydrogen-bond donors (Lipinski definition) is 0. The van der Waals surface area contributed by atoms with Crippen LogP contribution in [-0.2, 0) is 0 Å². The molecule has 3 heteroatoms. The van der Waals surface area contributed by atoms with Gasteiger partial charge in [0.05, 0.1) is 0 Å². The van der Waals surface area contributed by atoms with Crippen LogP contribution in [0.4, 0.5) is 0 Å². The van der Waals surface area contributed by atoms with Gasteiger partial charge in [-0.15, -0.1) is 0 Å². The summed E-state index contributed by atoms with van der Waals surface area (Å²) in [7, 11) is 0. The van der Waals surface area contributed by atoms with Crippen molar-refractivity contribution in [3.63, 3.8) is 0 Å². The molecule has 0 aromatic heterocycles. The average molecular weight is 294 g/mol. The van der Waals surface area contributed by atoms with E-state index in [2.05, 4.69) is 53.4 Å². The number of halogens is 1. The molecule has 1 heterocycles. The summed E-state index contributed by atoms with van der Waals surface area (Å²) in [5.74, 6) is 2.17. The molecular weight excluding hydrogens is 270 g/mol. The lowest BCUT2D eigenvalue weighted by atomic mass is 10.0. The van der Waals surface area contributed by atoms with Gasteiger partial charge in [-0.2, -0.15) is 11.8 Å². The van der Waals surface area contributed by atoms with E-state index < -0.39 is 0 Å². The van der Waals surface area contributed by atoms with E-state index in [-0.39, 0.29) is 0 Å². The fraction of sp³-hybridized carbons (Fsp3) is 1.00. The Labute approximate surface area is 107 Å². The van der Waals surface area contributed by atoms with Crippen LogP contribution >= 0.6 is 27.7 Å². The second kappa shape index (κ2) is 6.51. The van der Waals surface area contributed by atoms with E-state index in [0.29, 0.717) is 4.75 Å². The smallest absolute Gasteiger partial charge is 0.0231 e. The molecule has 0 N–H and O–H groups in total. The first-order chi connectivity index (χ1) is 7.03. The Bertz CT molecular complexity index is 184. The minimum Gasteiger partial charge on any atom is -0.301 e. The molecule has 0 spiro atoms. The topological polar surface area (TPSA) is 3.24 Å². The fourth-order valence-corrected chi connectivity index (χ4v) is 4.00. The molecule has 0 bridgehead atoms. The Morgan fingerprint density at radius 1 is 1.40 bits per heavy atom. The zero-order chi connectivity index (χ0) is 11.3. The maximum absolute atomic E-state index is 3.52. The molecule has 90 valence electrons. The molecule has 1 unspecified atom stereocenters. The van der Waals surface area contributed by atoms with Crippen molar-refractivity contribution in [3.05, 3.63) is 0 Å². The highest BCUT2D eigenvalue weighted by Crippen LogP contribution is 2.29. The minimum absolute atomic E-state index is 0.469. The predicted molar refractivity (Wildman–Crippen MR) is 75.2 cm³/mol. The minimum atomic E-state index is 0.469. The quantitative estimate of drug-likeness (QED) is 0.712. The van der Waals surface area contributed by atoms with Crippen molar-refractivity contribution in [1.82, 2.24) is 4.90 Å². The fourth-order valence-electron chi connectivity index (χ4n) is 2.04. The van der Waals surface area contributed by atoms with E-state index in [4.69, 9.17) is 0 Å². The molecule has 1 aliphatic heterocycles. The molecule has 15 heavy (non-hydrogen) atoms. The Kier molecular flexibility index (Phi) is 6.01. The lowest BCUT2D eigenvalue weighted by Crippen LogP contribution is -2.43. The zero-order valence-corrected chi connectivity index (χ0v) is 12.7. The second-order valence-electron chi connectivity index (χ2n) is 5.26. The van der Waals surface area contributed by atoms with Crippen LogP contribution in [0.2, 0.25) is 0 Å². The van der Waals surface area contributed by atoms with Crippen molar-refractivity contribution < 1.29 is 0 Å². The summed E-state index contributed by atoms with van der Waals surface area (Å²) in [6.45, 7) is 10.9. The normalized spacial score (nSPS) is 24.0. The van der Waals surface area contributed by atoms with Gasteiger partial charge >= 0.3 is 0 Å². The number of nitrogens with zero attached hydrogens (tertiary/aromatic N) is 1.